The van der Waals surface area contributed by atoms with E-state index in [1.54, 1.807) is 6.08 Å². The van der Waals surface area contributed by atoms with Gasteiger partial charge in [0.15, 0.2) is 6.29 Å². The smallest absolute Gasteiger partial charge is 0.220 e. The Kier molecular flexibility index (Phi) is 45.4. The average Bonchev–Trinajstić information content (AvgIpc) is 3.32. The molecule has 6 N–H and O–H groups in total. The summed E-state index contributed by atoms with van der Waals surface area (Å²) in [4.78, 5) is 13.0. The molecule has 1 rings (SSSR count). The lowest BCUT2D eigenvalue weighted by atomic mass is 9.99. The van der Waals surface area contributed by atoms with Gasteiger partial charge in [-0.25, -0.2) is 0 Å². The second-order valence-corrected chi connectivity index (χ2v) is 20.5. The normalized spacial score (nSPS) is 19.8. The molecule has 392 valence electrons. The van der Waals surface area contributed by atoms with Gasteiger partial charge in [0.05, 0.1) is 25.4 Å². The van der Waals surface area contributed by atoms with Crippen molar-refractivity contribution in [1.82, 2.24) is 5.32 Å². The molecule has 0 saturated carbocycles. The molecule has 7 atom stereocenters. The molecule has 1 aliphatic rings. The molecule has 1 heterocycles. The summed E-state index contributed by atoms with van der Waals surface area (Å²) in [5.41, 5.74) is 0. The van der Waals surface area contributed by atoms with Crippen LogP contribution >= 0.6 is 0 Å². The number of aliphatic hydroxyl groups is 5. The van der Waals surface area contributed by atoms with Crippen LogP contribution in [0.4, 0.5) is 0 Å². The molecule has 1 aliphatic heterocycles. The monoisotopic (exact) mass is 938 g/mol. The predicted molar refractivity (Wildman–Crippen MR) is 277 cm³/mol. The number of hydrogen-bond donors (Lipinski definition) is 6. The summed E-state index contributed by atoms with van der Waals surface area (Å²) in [5.74, 6) is -0.170. The second-order valence-electron chi connectivity index (χ2n) is 20.5. The van der Waals surface area contributed by atoms with Gasteiger partial charge in [0.2, 0.25) is 5.91 Å². The van der Waals surface area contributed by atoms with Crippen molar-refractivity contribution in [3.63, 3.8) is 0 Å². The van der Waals surface area contributed by atoms with Crippen molar-refractivity contribution in [2.45, 2.75) is 333 Å². The molecule has 1 saturated heterocycles. The van der Waals surface area contributed by atoms with Gasteiger partial charge in [-0.15, -0.1) is 0 Å². The van der Waals surface area contributed by atoms with Crippen molar-refractivity contribution in [1.29, 1.82) is 0 Å². The van der Waals surface area contributed by atoms with Crippen molar-refractivity contribution in [3.8, 4) is 0 Å². The number of rotatable bonds is 50. The van der Waals surface area contributed by atoms with Crippen LogP contribution in [0.15, 0.2) is 12.2 Å². The van der Waals surface area contributed by atoms with Crippen LogP contribution in [0.1, 0.15) is 290 Å². The van der Waals surface area contributed by atoms with Crippen LogP contribution in [-0.2, 0) is 14.3 Å². The van der Waals surface area contributed by atoms with E-state index in [-0.39, 0.29) is 12.5 Å². The molecular weight excluding hydrogens is 827 g/mol. The standard InChI is InChI=1S/C57H111NO8/c1-3-5-7-9-11-13-15-17-19-21-22-23-24-25-26-27-28-29-30-31-33-35-37-39-41-43-45-47-53(61)58-50(49-65-57-56(64)55(63)54(62)52(48-59)66-57)51(60)46-44-42-40-38-36-34-32-20-18-16-14-12-10-8-6-4-2/h44,46,50-52,54-57,59-60,62-64H,3-43,45,47-49H2,1-2H3,(H,58,61)/b46-44+/t50-,51+,52+,54-,55?,56?,57+/m0/s1. The quantitative estimate of drug-likeness (QED) is 0.0261. The van der Waals surface area contributed by atoms with Gasteiger partial charge in [-0.3, -0.25) is 4.79 Å². The van der Waals surface area contributed by atoms with Crippen LogP contribution in [0.2, 0.25) is 0 Å². The van der Waals surface area contributed by atoms with E-state index in [1.807, 2.05) is 6.08 Å². The number of unbranched alkanes of at least 4 members (excludes halogenated alkanes) is 40. The largest absolute Gasteiger partial charge is 0.394 e. The first-order valence-corrected chi connectivity index (χ1v) is 28.9. The van der Waals surface area contributed by atoms with Gasteiger partial charge in [0.25, 0.3) is 0 Å². The van der Waals surface area contributed by atoms with E-state index < -0.39 is 49.5 Å². The molecule has 2 unspecified atom stereocenters. The van der Waals surface area contributed by atoms with Crippen LogP contribution < -0.4 is 5.32 Å². The van der Waals surface area contributed by atoms with Crippen LogP contribution in [0.25, 0.3) is 0 Å². The van der Waals surface area contributed by atoms with Gasteiger partial charge in [-0.2, -0.15) is 0 Å². The highest BCUT2D eigenvalue weighted by Gasteiger charge is 2.44. The SMILES string of the molecule is CCCCCCCCCCCCCCCC/C=C/[C@@H](O)[C@H](CO[C@@H]1O[C@H](CO)[C@H](O)C(O)C1O)NC(=O)CCCCCCCCCCCCCCCCCCCCCCCCCCCCC. The summed E-state index contributed by atoms with van der Waals surface area (Å²) >= 11 is 0. The fourth-order valence-electron chi connectivity index (χ4n) is 9.51. The number of allylic oxidation sites excluding steroid dienone is 1. The zero-order valence-electron chi connectivity index (χ0n) is 43.5. The van der Waals surface area contributed by atoms with Gasteiger partial charge >= 0.3 is 0 Å². The first-order chi connectivity index (χ1) is 32.3. The Hall–Kier alpha value is -1.07. The number of hydrogen-bond acceptors (Lipinski definition) is 8. The summed E-state index contributed by atoms with van der Waals surface area (Å²) in [7, 11) is 0. The molecule has 0 aromatic carbocycles. The Labute approximate surface area is 407 Å². The molecule has 0 aliphatic carbocycles. The maximum absolute atomic E-state index is 13.0. The lowest BCUT2D eigenvalue weighted by Crippen LogP contribution is -2.60. The number of nitrogens with one attached hydrogen (secondary N) is 1. The van der Waals surface area contributed by atoms with E-state index in [9.17, 15) is 30.3 Å². The van der Waals surface area contributed by atoms with Gasteiger partial charge in [-0.05, 0) is 19.3 Å². The minimum atomic E-state index is -1.56. The van der Waals surface area contributed by atoms with Gasteiger partial charge in [-0.1, -0.05) is 276 Å². The molecule has 1 fully saturated rings. The van der Waals surface area contributed by atoms with E-state index in [2.05, 4.69) is 19.2 Å². The van der Waals surface area contributed by atoms with Gasteiger partial charge in [0.1, 0.15) is 24.4 Å². The molecule has 0 aromatic rings. The first kappa shape index (κ1) is 62.9. The summed E-state index contributed by atoms with van der Waals surface area (Å²) in [5, 5.41) is 54.5. The van der Waals surface area contributed by atoms with Crippen LogP contribution in [0, 0.1) is 0 Å². The lowest BCUT2D eigenvalue weighted by Gasteiger charge is -2.40. The number of ether oxygens (including phenoxy) is 2. The molecule has 66 heavy (non-hydrogen) atoms. The number of carbonyl (C=O) groups excluding carboxylic acids is 1. The van der Waals surface area contributed by atoms with Crippen molar-refractivity contribution in [2.75, 3.05) is 13.2 Å². The molecule has 0 radical (unpaired) electrons. The minimum Gasteiger partial charge on any atom is -0.394 e. The minimum absolute atomic E-state index is 0.170. The van der Waals surface area contributed by atoms with Gasteiger partial charge < -0.3 is 40.3 Å². The van der Waals surface area contributed by atoms with Crippen molar-refractivity contribution >= 4 is 5.91 Å². The number of carbonyl (C=O) groups is 1. The van der Waals surface area contributed by atoms with Crippen LogP contribution in [0.3, 0.4) is 0 Å². The molecule has 0 bridgehead atoms. The maximum Gasteiger partial charge on any atom is 0.220 e. The van der Waals surface area contributed by atoms with Crippen LogP contribution in [-0.4, -0.2) is 87.5 Å². The third kappa shape index (κ3) is 36.9. The highest BCUT2D eigenvalue weighted by molar-refractivity contribution is 5.76. The molecule has 9 heteroatoms. The summed E-state index contributed by atoms with van der Waals surface area (Å²) in [6, 6.07) is -0.800. The maximum atomic E-state index is 13.0. The number of aliphatic hydroxyl groups excluding tert-OH is 5. The van der Waals surface area contributed by atoms with E-state index in [4.69, 9.17) is 9.47 Å². The summed E-state index contributed by atoms with van der Waals surface area (Å²) in [6.45, 7) is 3.82. The van der Waals surface area contributed by atoms with Crippen molar-refractivity contribution < 1.29 is 39.8 Å². The van der Waals surface area contributed by atoms with E-state index >= 15 is 0 Å². The Morgan fingerprint density at radius 3 is 1.18 bits per heavy atom. The highest BCUT2D eigenvalue weighted by Crippen LogP contribution is 2.23. The highest BCUT2D eigenvalue weighted by atomic mass is 16.7. The van der Waals surface area contributed by atoms with Crippen molar-refractivity contribution in [3.05, 3.63) is 12.2 Å². The van der Waals surface area contributed by atoms with E-state index in [1.165, 1.54) is 231 Å². The van der Waals surface area contributed by atoms with Crippen molar-refractivity contribution in [2.24, 2.45) is 0 Å². The zero-order chi connectivity index (χ0) is 48.0. The lowest BCUT2D eigenvalue weighted by molar-refractivity contribution is -0.302. The zero-order valence-corrected chi connectivity index (χ0v) is 43.5. The topological polar surface area (TPSA) is 149 Å². The first-order valence-electron chi connectivity index (χ1n) is 28.9. The third-order valence-electron chi connectivity index (χ3n) is 14.1. The Morgan fingerprint density at radius 1 is 0.500 bits per heavy atom. The molecule has 1 amide bonds. The average molecular weight is 939 g/mol. The van der Waals surface area contributed by atoms with E-state index in [0.717, 1.165) is 38.5 Å². The summed E-state index contributed by atoms with van der Waals surface area (Å²) < 4.78 is 11.3. The summed E-state index contributed by atoms with van der Waals surface area (Å²) in [6.07, 6.45) is 51.4. The third-order valence-corrected chi connectivity index (χ3v) is 14.1. The van der Waals surface area contributed by atoms with Crippen LogP contribution in [0.5, 0.6) is 0 Å². The Balaban J connectivity index is 2.17. The predicted octanol–water partition coefficient (Wildman–Crippen LogP) is 14.0. The fourth-order valence-corrected chi connectivity index (χ4v) is 9.51. The second kappa shape index (κ2) is 47.6. The molecular formula is C57H111NO8. The van der Waals surface area contributed by atoms with Gasteiger partial charge in [0, 0.05) is 6.42 Å². The molecule has 0 aromatic heterocycles. The fraction of sp³-hybridized carbons (Fsp3) is 0.947. The molecule has 9 nitrogen and oxygen atoms in total. The Morgan fingerprint density at radius 2 is 0.833 bits per heavy atom. The van der Waals surface area contributed by atoms with E-state index in [0.29, 0.717) is 6.42 Å². The number of amides is 1. The molecule has 0 spiro atoms. The Bertz CT molecular complexity index is 1040.